The molecular formula is C12H17NO. The summed E-state index contributed by atoms with van der Waals surface area (Å²) < 4.78 is 0. The van der Waals surface area contributed by atoms with Crippen molar-refractivity contribution in [2.45, 2.75) is 51.0 Å². The number of carbonyl (C=O) groups is 1. The molecule has 2 heteroatoms. The minimum absolute atomic E-state index is 0.0178. The molecule has 0 aromatic carbocycles. The molecular weight excluding hydrogens is 174 g/mol. The first-order valence-corrected chi connectivity index (χ1v) is 5.47. The lowest BCUT2D eigenvalue weighted by molar-refractivity contribution is -0.121. The maximum absolute atomic E-state index is 11.2. The molecule has 76 valence electrons. The molecule has 0 aliphatic heterocycles. The smallest absolute Gasteiger partial charge is 0.232 e. The lowest BCUT2D eigenvalue weighted by Gasteiger charge is -2.28. The third-order valence-corrected chi connectivity index (χ3v) is 3.63. The van der Waals surface area contributed by atoms with Crippen LogP contribution in [0.15, 0.2) is 0 Å². The van der Waals surface area contributed by atoms with Gasteiger partial charge in [-0.05, 0) is 43.9 Å². The standard InChI is InChI=1S/C12H17NO/c1-2-3-11(14)13-10-4-6-12(7-5-10)8-9-12/h1,10H,3-9H2,(H,13,14). The van der Waals surface area contributed by atoms with E-state index in [-0.39, 0.29) is 12.3 Å². The van der Waals surface area contributed by atoms with Crippen LogP contribution in [0.4, 0.5) is 0 Å². The van der Waals surface area contributed by atoms with E-state index in [1.165, 1.54) is 25.7 Å². The highest BCUT2D eigenvalue weighted by Gasteiger charge is 2.44. The van der Waals surface area contributed by atoms with Crippen molar-refractivity contribution in [2.24, 2.45) is 5.41 Å². The SMILES string of the molecule is C#CCC(=O)NC1CCC2(CC1)CC2. The quantitative estimate of drug-likeness (QED) is 0.663. The van der Waals surface area contributed by atoms with Gasteiger partial charge in [0.15, 0.2) is 0 Å². The third-order valence-electron chi connectivity index (χ3n) is 3.63. The molecule has 0 unspecified atom stereocenters. The zero-order valence-corrected chi connectivity index (χ0v) is 8.51. The highest BCUT2D eigenvalue weighted by molar-refractivity contribution is 5.78. The molecule has 0 radical (unpaired) electrons. The molecule has 2 aliphatic rings. The molecule has 0 aromatic heterocycles. The van der Waals surface area contributed by atoms with Crippen molar-refractivity contribution in [1.82, 2.24) is 5.32 Å². The Bertz CT molecular complexity index is 263. The van der Waals surface area contributed by atoms with Crippen LogP contribution in [0.25, 0.3) is 0 Å². The number of hydrogen-bond donors (Lipinski definition) is 1. The highest BCUT2D eigenvalue weighted by atomic mass is 16.1. The van der Waals surface area contributed by atoms with E-state index in [0.717, 1.165) is 12.8 Å². The largest absolute Gasteiger partial charge is 0.353 e. The van der Waals surface area contributed by atoms with E-state index >= 15 is 0 Å². The first-order chi connectivity index (χ1) is 6.74. The van der Waals surface area contributed by atoms with Crippen LogP contribution < -0.4 is 5.32 Å². The van der Waals surface area contributed by atoms with Gasteiger partial charge in [0.25, 0.3) is 0 Å². The lowest BCUT2D eigenvalue weighted by Crippen LogP contribution is -2.37. The van der Waals surface area contributed by atoms with Crippen molar-refractivity contribution in [2.75, 3.05) is 0 Å². The fourth-order valence-corrected chi connectivity index (χ4v) is 2.42. The van der Waals surface area contributed by atoms with Crippen LogP contribution in [0.3, 0.4) is 0 Å². The van der Waals surface area contributed by atoms with E-state index in [0.29, 0.717) is 11.5 Å². The summed E-state index contributed by atoms with van der Waals surface area (Å²) in [7, 11) is 0. The molecule has 14 heavy (non-hydrogen) atoms. The fourth-order valence-electron chi connectivity index (χ4n) is 2.42. The summed E-state index contributed by atoms with van der Waals surface area (Å²) in [6.07, 6.45) is 13.0. The molecule has 1 amide bonds. The van der Waals surface area contributed by atoms with Crippen molar-refractivity contribution >= 4 is 5.91 Å². The molecule has 1 N–H and O–H groups in total. The Morgan fingerprint density at radius 3 is 2.50 bits per heavy atom. The Morgan fingerprint density at radius 1 is 1.36 bits per heavy atom. The van der Waals surface area contributed by atoms with Gasteiger partial charge in [-0.1, -0.05) is 5.92 Å². The maximum Gasteiger partial charge on any atom is 0.232 e. The van der Waals surface area contributed by atoms with Crippen molar-refractivity contribution < 1.29 is 4.79 Å². The maximum atomic E-state index is 11.2. The van der Waals surface area contributed by atoms with Gasteiger partial charge in [-0.3, -0.25) is 4.79 Å². The fraction of sp³-hybridized carbons (Fsp3) is 0.750. The minimum Gasteiger partial charge on any atom is -0.353 e. The van der Waals surface area contributed by atoms with E-state index in [2.05, 4.69) is 11.2 Å². The monoisotopic (exact) mass is 191 g/mol. The summed E-state index contributed by atoms with van der Waals surface area (Å²) in [4.78, 5) is 11.2. The van der Waals surface area contributed by atoms with Gasteiger partial charge >= 0.3 is 0 Å². The second kappa shape index (κ2) is 3.65. The van der Waals surface area contributed by atoms with Gasteiger partial charge in [-0.2, -0.15) is 0 Å². The van der Waals surface area contributed by atoms with Gasteiger partial charge in [0.1, 0.15) is 0 Å². The Morgan fingerprint density at radius 2 is 2.00 bits per heavy atom. The predicted octanol–water partition coefficient (Wildman–Crippen LogP) is 1.85. The number of hydrogen-bond acceptors (Lipinski definition) is 1. The van der Waals surface area contributed by atoms with Gasteiger partial charge in [-0.25, -0.2) is 0 Å². The lowest BCUT2D eigenvalue weighted by atomic mass is 9.83. The van der Waals surface area contributed by atoms with Crippen LogP contribution in [-0.2, 0) is 4.79 Å². The molecule has 2 nitrogen and oxygen atoms in total. The number of terminal acetylenes is 1. The molecule has 0 bridgehead atoms. The van der Waals surface area contributed by atoms with E-state index < -0.39 is 0 Å². The minimum atomic E-state index is 0.0178. The van der Waals surface area contributed by atoms with Crippen molar-refractivity contribution in [3.63, 3.8) is 0 Å². The number of amides is 1. The molecule has 2 aliphatic carbocycles. The van der Waals surface area contributed by atoms with Crippen molar-refractivity contribution in [1.29, 1.82) is 0 Å². The van der Waals surface area contributed by atoms with Crippen LogP contribution >= 0.6 is 0 Å². The molecule has 0 aromatic rings. The van der Waals surface area contributed by atoms with Crippen LogP contribution in [0.2, 0.25) is 0 Å². The zero-order valence-electron chi connectivity index (χ0n) is 8.51. The summed E-state index contributed by atoms with van der Waals surface area (Å²) in [6.45, 7) is 0. The summed E-state index contributed by atoms with van der Waals surface area (Å²) in [5.41, 5.74) is 0.702. The average Bonchev–Trinajstić information content (AvgIpc) is 2.91. The third kappa shape index (κ3) is 2.09. The van der Waals surface area contributed by atoms with Crippen LogP contribution in [-0.4, -0.2) is 11.9 Å². The van der Waals surface area contributed by atoms with Gasteiger partial charge in [0, 0.05) is 6.04 Å². The highest BCUT2D eigenvalue weighted by Crippen LogP contribution is 2.56. The van der Waals surface area contributed by atoms with Gasteiger partial charge in [0.2, 0.25) is 5.91 Å². The van der Waals surface area contributed by atoms with Gasteiger partial charge in [-0.15, -0.1) is 6.42 Å². The second-order valence-corrected chi connectivity index (χ2v) is 4.72. The molecule has 2 fully saturated rings. The molecule has 0 heterocycles. The molecule has 0 saturated heterocycles. The first-order valence-electron chi connectivity index (χ1n) is 5.47. The molecule has 0 atom stereocenters. The number of nitrogens with one attached hydrogen (secondary N) is 1. The van der Waals surface area contributed by atoms with E-state index in [1.807, 2.05) is 0 Å². The predicted molar refractivity (Wildman–Crippen MR) is 55.5 cm³/mol. The molecule has 2 saturated carbocycles. The first kappa shape index (κ1) is 9.58. The van der Waals surface area contributed by atoms with Gasteiger partial charge in [0.05, 0.1) is 6.42 Å². The Hall–Kier alpha value is -0.970. The topological polar surface area (TPSA) is 29.1 Å². The summed E-state index contributed by atoms with van der Waals surface area (Å²) in [5.74, 6) is 2.39. The number of carbonyl (C=O) groups excluding carboxylic acids is 1. The van der Waals surface area contributed by atoms with Crippen LogP contribution in [0.5, 0.6) is 0 Å². The molecule has 1 spiro atoms. The molecule has 2 rings (SSSR count). The number of rotatable bonds is 2. The normalized spacial score (nSPS) is 24.2. The van der Waals surface area contributed by atoms with E-state index in [4.69, 9.17) is 6.42 Å². The van der Waals surface area contributed by atoms with E-state index in [1.54, 1.807) is 0 Å². The van der Waals surface area contributed by atoms with E-state index in [9.17, 15) is 4.79 Å². The van der Waals surface area contributed by atoms with Crippen LogP contribution in [0.1, 0.15) is 44.9 Å². The Kier molecular flexibility index (Phi) is 2.50. The second-order valence-electron chi connectivity index (χ2n) is 4.72. The zero-order chi connectivity index (χ0) is 10.0. The van der Waals surface area contributed by atoms with Crippen molar-refractivity contribution in [3.8, 4) is 12.3 Å². The van der Waals surface area contributed by atoms with Gasteiger partial charge < -0.3 is 5.32 Å². The average molecular weight is 191 g/mol. The van der Waals surface area contributed by atoms with Crippen molar-refractivity contribution in [3.05, 3.63) is 0 Å². The summed E-state index contributed by atoms with van der Waals surface area (Å²) in [6, 6.07) is 0.391. The van der Waals surface area contributed by atoms with Crippen LogP contribution in [0, 0.1) is 17.8 Å². The Balaban J connectivity index is 1.73. The summed E-state index contributed by atoms with van der Waals surface area (Å²) >= 11 is 0. The summed E-state index contributed by atoms with van der Waals surface area (Å²) in [5, 5.41) is 3.00. The Labute approximate surface area is 85.5 Å².